The first-order valence-corrected chi connectivity index (χ1v) is 10.7. The number of sulfonamides is 1. The summed E-state index contributed by atoms with van der Waals surface area (Å²) in [7, 11) is -3.52. The minimum absolute atomic E-state index is 0.198. The number of aryl methyl sites for hydroxylation is 1. The summed E-state index contributed by atoms with van der Waals surface area (Å²) in [5.41, 5.74) is 1.01. The van der Waals surface area contributed by atoms with Crippen molar-refractivity contribution in [1.29, 1.82) is 0 Å². The van der Waals surface area contributed by atoms with Gasteiger partial charge in [-0.2, -0.15) is 4.31 Å². The quantitative estimate of drug-likeness (QED) is 0.727. The molecule has 1 atom stereocenters. The molecule has 0 saturated carbocycles. The number of urea groups is 1. The first-order valence-electron chi connectivity index (χ1n) is 9.24. The molecule has 2 heterocycles. The van der Waals surface area contributed by atoms with E-state index in [2.05, 4.69) is 5.32 Å². The number of benzene rings is 1. The molecule has 0 aliphatic carbocycles. The summed E-state index contributed by atoms with van der Waals surface area (Å²) in [5.74, 6) is -0.198. The summed E-state index contributed by atoms with van der Waals surface area (Å²) in [6.45, 7) is 5.69. The molecule has 2 aliphatic heterocycles. The van der Waals surface area contributed by atoms with Gasteiger partial charge in [-0.25, -0.2) is 18.1 Å². The van der Waals surface area contributed by atoms with E-state index in [4.69, 9.17) is 0 Å². The van der Waals surface area contributed by atoms with Crippen molar-refractivity contribution in [3.63, 3.8) is 0 Å². The van der Waals surface area contributed by atoms with E-state index in [0.717, 1.165) is 12.0 Å². The fourth-order valence-corrected chi connectivity index (χ4v) is 4.79. The Balaban J connectivity index is 1.58. The Bertz CT molecular complexity index is 801. The highest BCUT2D eigenvalue weighted by Gasteiger charge is 2.39. The molecule has 0 aromatic heterocycles. The number of hydrogen-bond acceptors (Lipinski definition) is 5. The van der Waals surface area contributed by atoms with E-state index in [1.165, 1.54) is 9.21 Å². The molecule has 2 fully saturated rings. The zero-order chi connectivity index (χ0) is 19.6. The van der Waals surface area contributed by atoms with Crippen LogP contribution in [-0.2, 0) is 14.8 Å². The summed E-state index contributed by atoms with van der Waals surface area (Å²) >= 11 is 0. The minimum atomic E-state index is -3.52. The van der Waals surface area contributed by atoms with Crippen LogP contribution >= 0.6 is 0 Å². The third-order valence-corrected chi connectivity index (χ3v) is 6.93. The van der Waals surface area contributed by atoms with Crippen LogP contribution in [0.3, 0.4) is 0 Å². The van der Waals surface area contributed by atoms with Gasteiger partial charge < -0.3 is 5.32 Å². The molecule has 27 heavy (non-hydrogen) atoms. The Morgan fingerprint density at radius 2 is 1.70 bits per heavy atom. The summed E-state index contributed by atoms with van der Waals surface area (Å²) in [4.78, 5) is 27.8. The lowest BCUT2D eigenvalue weighted by Crippen LogP contribution is -2.52. The normalized spacial score (nSPS) is 22.3. The van der Waals surface area contributed by atoms with Crippen molar-refractivity contribution in [3.8, 4) is 0 Å². The monoisotopic (exact) mass is 394 g/mol. The number of imide groups is 1. The number of hydrogen-bond donors (Lipinski definition) is 1. The molecule has 3 rings (SSSR count). The maximum atomic E-state index is 12.7. The van der Waals surface area contributed by atoms with Crippen LogP contribution in [0.2, 0.25) is 0 Å². The lowest BCUT2D eigenvalue weighted by atomic mass is 10.2. The second-order valence-corrected chi connectivity index (χ2v) is 8.97. The second-order valence-electron chi connectivity index (χ2n) is 7.03. The summed E-state index contributed by atoms with van der Waals surface area (Å²) in [5, 5.41) is 2.71. The molecule has 0 bridgehead atoms. The number of carbonyl (C=O) groups is 2. The van der Waals surface area contributed by atoms with Crippen LogP contribution in [0.5, 0.6) is 0 Å². The van der Waals surface area contributed by atoms with Gasteiger partial charge in [0, 0.05) is 26.2 Å². The first kappa shape index (κ1) is 19.8. The van der Waals surface area contributed by atoms with Gasteiger partial charge in [-0.15, -0.1) is 0 Å². The number of nitrogens with one attached hydrogen (secondary N) is 1. The van der Waals surface area contributed by atoms with Gasteiger partial charge in [-0.3, -0.25) is 9.69 Å². The maximum absolute atomic E-state index is 12.7. The molecule has 0 radical (unpaired) electrons. The van der Waals surface area contributed by atoms with Crippen LogP contribution in [0.15, 0.2) is 29.2 Å². The molecule has 2 aliphatic rings. The van der Waals surface area contributed by atoms with E-state index >= 15 is 0 Å². The Morgan fingerprint density at radius 1 is 1.07 bits per heavy atom. The summed E-state index contributed by atoms with van der Waals surface area (Å²) < 4.78 is 27.0. The molecule has 1 aromatic rings. The zero-order valence-electron chi connectivity index (χ0n) is 15.7. The first-order chi connectivity index (χ1) is 12.8. The highest BCUT2D eigenvalue weighted by Crippen LogP contribution is 2.19. The third kappa shape index (κ3) is 4.15. The molecule has 1 unspecified atom stereocenters. The lowest BCUT2D eigenvalue weighted by Gasteiger charge is -2.35. The molecule has 1 N–H and O–H groups in total. The molecule has 1 aromatic carbocycles. The highest BCUT2D eigenvalue weighted by atomic mass is 32.2. The summed E-state index contributed by atoms with van der Waals surface area (Å²) in [6.07, 6.45) is 1.45. The van der Waals surface area contributed by atoms with Gasteiger partial charge in [0.1, 0.15) is 6.04 Å². The smallest absolute Gasteiger partial charge is 0.325 e. The summed E-state index contributed by atoms with van der Waals surface area (Å²) in [6, 6.07) is 6.01. The van der Waals surface area contributed by atoms with E-state index in [-0.39, 0.29) is 23.5 Å². The lowest BCUT2D eigenvalue weighted by molar-refractivity contribution is -0.129. The van der Waals surface area contributed by atoms with Gasteiger partial charge >= 0.3 is 6.03 Å². The Kier molecular flexibility index (Phi) is 5.83. The number of carbonyl (C=O) groups excluding carboxylic acids is 2. The number of piperazine rings is 1. The molecule has 8 nitrogen and oxygen atoms in total. The second kappa shape index (κ2) is 7.95. The average molecular weight is 394 g/mol. The van der Waals surface area contributed by atoms with Gasteiger partial charge in [-0.1, -0.05) is 31.0 Å². The van der Waals surface area contributed by atoms with Crippen molar-refractivity contribution < 1.29 is 18.0 Å². The van der Waals surface area contributed by atoms with Crippen LogP contribution in [0, 0.1) is 6.92 Å². The fourth-order valence-electron chi connectivity index (χ4n) is 3.37. The number of amides is 3. The predicted molar refractivity (Wildman–Crippen MR) is 100 cm³/mol. The van der Waals surface area contributed by atoms with E-state index < -0.39 is 16.1 Å². The van der Waals surface area contributed by atoms with Gasteiger partial charge in [0.2, 0.25) is 10.0 Å². The maximum Gasteiger partial charge on any atom is 0.325 e. The topological polar surface area (TPSA) is 90.0 Å². The molecule has 3 amide bonds. The van der Waals surface area contributed by atoms with Crippen molar-refractivity contribution >= 4 is 22.0 Å². The number of nitrogens with zero attached hydrogens (tertiary/aromatic N) is 3. The Hall–Kier alpha value is -1.97. The van der Waals surface area contributed by atoms with Crippen LogP contribution in [0.25, 0.3) is 0 Å². The van der Waals surface area contributed by atoms with Gasteiger partial charge in [0.05, 0.1) is 11.6 Å². The Labute approximate surface area is 160 Å². The molecule has 0 spiro atoms. The van der Waals surface area contributed by atoms with E-state index in [1.54, 1.807) is 24.3 Å². The molecular formula is C18H26N4O4S. The molecular weight excluding hydrogens is 368 g/mol. The van der Waals surface area contributed by atoms with Gasteiger partial charge in [0.25, 0.3) is 5.91 Å². The van der Waals surface area contributed by atoms with Crippen LogP contribution in [0.4, 0.5) is 4.79 Å². The molecule has 9 heteroatoms. The van der Waals surface area contributed by atoms with Crippen LogP contribution in [0.1, 0.15) is 25.3 Å². The van der Waals surface area contributed by atoms with E-state index in [9.17, 15) is 18.0 Å². The van der Waals surface area contributed by atoms with Crippen molar-refractivity contribution in [1.82, 2.24) is 19.4 Å². The highest BCUT2D eigenvalue weighted by molar-refractivity contribution is 7.89. The van der Waals surface area contributed by atoms with Gasteiger partial charge in [0.15, 0.2) is 0 Å². The number of rotatable bonds is 6. The predicted octanol–water partition coefficient (Wildman–Crippen LogP) is 0.979. The Morgan fingerprint density at radius 3 is 2.30 bits per heavy atom. The zero-order valence-corrected chi connectivity index (χ0v) is 16.5. The third-order valence-electron chi connectivity index (χ3n) is 5.02. The van der Waals surface area contributed by atoms with Crippen molar-refractivity contribution in [3.05, 3.63) is 29.8 Å². The average Bonchev–Trinajstić information content (AvgIpc) is 2.90. The van der Waals surface area contributed by atoms with E-state index in [1.807, 2.05) is 18.7 Å². The fraction of sp³-hybridized carbons (Fsp3) is 0.556. The van der Waals surface area contributed by atoms with E-state index in [0.29, 0.717) is 32.6 Å². The minimum Gasteiger partial charge on any atom is -0.326 e. The SMILES string of the molecule is CCCC1NC(=O)N(CN2CCN(S(=O)(=O)c3ccc(C)cc3)CC2)C1=O. The van der Waals surface area contributed by atoms with Crippen molar-refractivity contribution in [2.45, 2.75) is 37.6 Å². The molecule has 148 valence electrons. The van der Waals surface area contributed by atoms with Crippen molar-refractivity contribution in [2.75, 3.05) is 32.8 Å². The van der Waals surface area contributed by atoms with Crippen molar-refractivity contribution in [2.24, 2.45) is 0 Å². The van der Waals surface area contributed by atoms with Gasteiger partial charge in [-0.05, 0) is 25.5 Å². The van der Waals surface area contributed by atoms with Crippen LogP contribution in [-0.4, -0.2) is 73.4 Å². The van der Waals surface area contributed by atoms with Crippen LogP contribution < -0.4 is 5.32 Å². The standard InChI is InChI=1S/C18H26N4O4S/c1-3-4-16-17(23)22(18(24)19-16)13-20-9-11-21(12-10-20)27(25,26)15-7-5-14(2)6-8-15/h5-8,16H,3-4,9-13H2,1-2H3,(H,19,24). The molecule has 2 saturated heterocycles. The largest absolute Gasteiger partial charge is 0.326 e.